The van der Waals surface area contributed by atoms with E-state index < -0.39 is 0 Å². The van der Waals surface area contributed by atoms with Gasteiger partial charge in [-0.05, 0) is 42.8 Å². The number of hydrogen-bond acceptors (Lipinski definition) is 1. The van der Waals surface area contributed by atoms with Crippen molar-refractivity contribution in [2.24, 2.45) is 0 Å². The van der Waals surface area contributed by atoms with Gasteiger partial charge < -0.3 is 4.40 Å². The molecule has 0 fully saturated rings. The Labute approximate surface area is 109 Å². The predicted octanol–water partition coefficient (Wildman–Crippen LogP) is 4.10. The molecule has 2 nitrogen and oxygen atoms in total. The highest BCUT2D eigenvalue weighted by molar-refractivity contribution is 6.30. The predicted molar refractivity (Wildman–Crippen MR) is 70.3 cm³/mol. The fourth-order valence-electron chi connectivity index (χ4n) is 1.91. The molecule has 90 valence electrons. The van der Waals surface area contributed by atoms with E-state index in [0.29, 0.717) is 16.3 Å². The van der Waals surface area contributed by atoms with E-state index in [0.717, 1.165) is 11.2 Å². The summed E-state index contributed by atoms with van der Waals surface area (Å²) in [4.78, 5) is 4.41. The zero-order valence-electron chi connectivity index (χ0n) is 9.69. The molecule has 3 rings (SSSR count). The molecule has 2 aromatic heterocycles. The SMILES string of the molecule is Cc1ccn2cc(-c3ccc(Cl)cc3F)nc2c1. The van der Waals surface area contributed by atoms with Gasteiger partial charge in [0.25, 0.3) is 0 Å². The Morgan fingerprint density at radius 3 is 2.83 bits per heavy atom. The second-order valence-electron chi connectivity index (χ2n) is 4.22. The molecule has 0 N–H and O–H groups in total. The van der Waals surface area contributed by atoms with Gasteiger partial charge >= 0.3 is 0 Å². The fraction of sp³-hybridized carbons (Fsp3) is 0.0714. The number of benzene rings is 1. The average Bonchev–Trinajstić information content (AvgIpc) is 2.71. The number of imidazole rings is 1. The molecule has 0 aliphatic carbocycles. The van der Waals surface area contributed by atoms with E-state index in [4.69, 9.17) is 11.6 Å². The van der Waals surface area contributed by atoms with E-state index in [1.165, 1.54) is 6.07 Å². The summed E-state index contributed by atoms with van der Waals surface area (Å²) < 4.78 is 15.7. The average molecular weight is 261 g/mol. The molecular formula is C14H10ClFN2. The Morgan fingerprint density at radius 2 is 2.06 bits per heavy atom. The second kappa shape index (κ2) is 4.10. The molecule has 0 aliphatic heterocycles. The quantitative estimate of drug-likeness (QED) is 0.644. The van der Waals surface area contributed by atoms with Crippen LogP contribution in [-0.4, -0.2) is 9.38 Å². The lowest BCUT2D eigenvalue weighted by atomic mass is 10.1. The number of aryl methyl sites for hydroxylation is 1. The molecular weight excluding hydrogens is 251 g/mol. The van der Waals surface area contributed by atoms with Gasteiger partial charge in [0.1, 0.15) is 11.5 Å². The summed E-state index contributed by atoms with van der Waals surface area (Å²) in [6.45, 7) is 2.00. The van der Waals surface area contributed by atoms with Crippen molar-refractivity contribution in [3.63, 3.8) is 0 Å². The van der Waals surface area contributed by atoms with E-state index in [-0.39, 0.29) is 5.82 Å². The minimum atomic E-state index is -0.359. The topological polar surface area (TPSA) is 17.3 Å². The summed E-state index contributed by atoms with van der Waals surface area (Å²) in [7, 11) is 0. The van der Waals surface area contributed by atoms with Crippen LogP contribution < -0.4 is 0 Å². The van der Waals surface area contributed by atoms with Crippen LogP contribution in [0.3, 0.4) is 0 Å². The summed E-state index contributed by atoms with van der Waals surface area (Å²) in [6, 6.07) is 8.54. The van der Waals surface area contributed by atoms with E-state index in [2.05, 4.69) is 4.98 Å². The number of fused-ring (bicyclic) bond motifs is 1. The monoisotopic (exact) mass is 260 g/mol. The zero-order chi connectivity index (χ0) is 12.7. The molecule has 2 heterocycles. The van der Waals surface area contributed by atoms with E-state index in [9.17, 15) is 4.39 Å². The lowest BCUT2D eigenvalue weighted by Crippen LogP contribution is -1.83. The molecule has 0 amide bonds. The Kier molecular flexibility index (Phi) is 2.56. The Hall–Kier alpha value is -1.87. The number of aromatic nitrogens is 2. The fourth-order valence-corrected chi connectivity index (χ4v) is 2.07. The van der Waals surface area contributed by atoms with Crippen molar-refractivity contribution in [1.82, 2.24) is 9.38 Å². The van der Waals surface area contributed by atoms with Crippen LogP contribution in [0.1, 0.15) is 5.56 Å². The Morgan fingerprint density at radius 1 is 1.22 bits per heavy atom. The van der Waals surface area contributed by atoms with Gasteiger partial charge in [0.05, 0.1) is 5.69 Å². The molecule has 0 unspecified atom stereocenters. The second-order valence-corrected chi connectivity index (χ2v) is 4.66. The van der Waals surface area contributed by atoms with Gasteiger partial charge in [0, 0.05) is 23.0 Å². The summed E-state index contributed by atoms with van der Waals surface area (Å²) in [5.74, 6) is -0.359. The maximum atomic E-state index is 13.8. The summed E-state index contributed by atoms with van der Waals surface area (Å²) in [6.07, 6.45) is 3.72. The van der Waals surface area contributed by atoms with Gasteiger partial charge in [0.15, 0.2) is 0 Å². The zero-order valence-corrected chi connectivity index (χ0v) is 10.4. The molecule has 0 atom stereocenters. The molecule has 0 saturated carbocycles. The maximum absolute atomic E-state index is 13.8. The van der Waals surface area contributed by atoms with Gasteiger partial charge in [-0.15, -0.1) is 0 Å². The molecule has 4 heteroatoms. The minimum Gasteiger partial charge on any atom is -0.306 e. The smallest absolute Gasteiger partial charge is 0.137 e. The highest BCUT2D eigenvalue weighted by Gasteiger charge is 2.09. The van der Waals surface area contributed by atoms with Crippen LogP contribution in [0.4, 0.5) is 4.39 Å². The number of halogens is 2. The molecule has 0 aliphatic rings. The van der Waals surface area contributed by atoms with Crippen molar-refractivity contribution in [3.8, 4) is 11.3 Å². The Balaban J connectivity index is 2.19. The number of nitrogens with zero attached hydrogens (tertiary/aromatic N) is 2. The molecule has 1 aromatic carbocycles. The lowest BCUT2D eigenvalue weighted by molar-refractivity contribution is 0.631. The highest BCUT2D eigenvalue weighted by atomic mass is 35.5. The van der Waals surface area contributed by atoms with Crippen LogP contribution >= 0.6 is 11.6 Å². The molecule has 0 saturated heterocycles. The van der Waals surface area contributed by atoms with Crippen molar-refractivity contribution < 1.29 is 4.39 Å². The first-order valence-electron chi connectivity index (χ1n) is 5.54. The Bertz CT molecular complexity index is 734. The van der Waals surface area contributed by atoms with Crippen LogP contribution in [0.2, 0.25) is 5.02 Å². The molecule has 18 heavy (non-hydrogen) atoms. The van der Waals surface area contributed by atoms with Gasteiger partial charge in [-0.2, -0.15) is 0 Å². The lowest BCUT2D eigenvalue weighted by Gasteiger charge is -1.98. The third kappa shape index (κ3) is 1.87. The van der Waals surface area contributed by atoms with Crippen molar-refractivity contribution in [2.45, 2.75) is 6.92 Å². The molecule has 0 bridgehead atoms. The molecule has 0 spiro atoms. The van der Waals surface area contributed by atoms with Crippen molar-refractivity contribution in [1.29, 1.82) is 0 Å². The molecule has 0 radical (unpaired) electrons. The van der Waals surface area contributed by atoms with Crippen LogP contribution in [0.5, 0.6) is 0 Å². The first kappa shape index (κ1) is 11.2. The van der Waals surface area contributed by atoms with Crippen molar-refractivity contribution >= 4 is 17.2 Å². The molecule has 3 aromatic rings. The minimum absolute atomic E-state index is 0.359. The highest BCUT2D eigenvalue weighted by Crippen LogP contribution is 2.25. The summed E-state index contributed by atoms with van der Waals surface area (Å²) in [5, 5.41) is 0.385. The first-order valence-corrected chi connectivity index (χ1v) is 5.92. The van der Waals surface area contributed by atoms with E-state index >= 15 is 0 Å². The van der Waals surface area contributed by atoms with Gasteiger partial charge in [-0.1, -0.05) is 11.6 Å². The number of rotatable bonds is 1. The third-order valence-electron chi connectivity index (χ3n) is 2.82. The van der Waals surface area contributed by atoms with Gasteiger partial charge in [-0.3, -0.25) is 0 Å². The summed E-state index contributed by atoms with van der Waals surface area (Å²) in [5.41, 5.74) is 2.99. The van der Waals surface area contributed by atoms with Crippen LogP contribution in [0, 0.1) is 12.7 Å². The largest absolute Gasteiger partial charge is 0.306 e. The van der Waals surface area contributed by atoms with E-state index in [1.807, 2.05) is 29.7 Å². The number of hydrogen-bond donors (Lipinski definition) is 0. The van der Waals surface area contributed by atoms with Crippen LogP contribution in [0.25, 0.3) is 16.9 Å². The maximum Gasteiger partial charge on any atom is 0.137 e. The summed E-state index contributed by atoms with van der Waals surface area (Å²) >= 11 is 5.74. The van der Waals surface area contributed by atoms with Crippen molar-refractivity contribution in [3.05, 3.63) is 59.1 Å². The van der Waals surface area contributed by atoms with Gasteiger partial charge in [0.2, 0.25) is 0 Å². The van der Waals surface area contributed by atoms with E-state index in [1.54, 1.807) is 18.3 Å². The van der Waals surface area contributed by atoms with Crippen LogP contribution in [0.15, 0.2) is 42.7 Å². The van der Waals surface area contributed by atoms with Gasteiger partial charge in [-0.25, -0.2) is 9.37 Å². The normalized spacial score (nSPS) is 11.1. The third-order valence-corrected chi connectivity index (χ3v) is 3.06. The standard InChI is InChI=1S/C14H10ClFN2/c1-9-4-5-18-8-13(17-14(18)6-9)11-3-2-10(15)7-12(11)16/h2-8H,1H3. The van der Waals surface area contributed by atoms with Crippen molar-refractivity contribution in [2.75, 3.05) is 0 Å². The first-order chi connectivity index (χ1) is 8.63. The van der Waals surface area contributed by atoms with Crippen LogP contribution in [-0.2, 0) is 0 Å². The number of pyridine rings is 1.